The highest BCUT2D eigenvalue weighted by molar-refractivity contribution is 7.89. The highest BCUT2D eigenvalue weighted by Crippen LogP contribution is 2.48. The second kappa shape index (κ2) is 35.1. The number of benzene rings is 2. The van der Waals surface area contributed by atoms with Crippen molar-refractivity contribution in [3.05, 3.63) is 192 Å². The second-order valence-corrected chi connectivity index (χ2v) is 37.9. The van der Waals surface area contributed by atoms with Crippen LogP contribution in [0, 0.1) is 23.7 Å². The summed E-state index contributed by atoms with van der Waals surface area (Å²) < 4.78 is 132. The van der Waals surface area contributed by atoms with Crippen molar-refractivity contribution in [2.24, 2.45) is 23.7 Å². The van der Waals surface area contributed by atoms with Gasteiger partial charge in [0.1, 0.15) is 45.6 Å². The van der Waals surface area contributed by atoms with Crippen molar-refractivity contribution in [3.63, 3.8) is 0 Å². The number of pyridine rings is 4. The first kappa shape index (κ1) is 81.2. The summed E-state index contributed by atoms with van der Waals surface area (Å²) in [4.78, 5) is 29.8. The Morgan fingerprint density at radius 2 is 0.704 bits per heavy atom. The minimum absolute atomic E-state index is 0.0201. The van der Waals surface area contributed by atoms with Crippen molar-refractivity contribution in [2.75, 3.05) is 70.4 Å². The third kappa shape index (κ3) is 18.1. The first-order valence-electron chi connectivity index (χ1n) is 39.4. The van der Waals surface area contributed by atoms with Gasteiger partial charge in [-0.15, -0.1) is 0 Å². The molecule has 18 rings (SSSR count). The van der Waals surface area contributed by atoms with Gasteiger partial charge in [-0.25, -0.2) is 62.8 Å². The molecule has 8 aliphatic heterocycles. The number of hydrogen-bond acceptors (Lipinski definition) is 20. The highest BCUT2D eigenvalue weighted by atomic mass is 32.2. The van der Waals surface area contributed by atoms with Gasteiger partial charge in [-0.05, 0) is 176 Å². The summed E-state index contributed by atoms with van der Waals surface area (Å²) in [5, 5.41) is 44.4. The van der Waals surface area contributed by atoms with Crippen molar-refractivity contribution >= 4 is 135 Å². The molecule has 4 saturated heterocycles. The zero-order valence-electron chi connectivity index (χ0n) is 64.0. The first-order chi connectivity index (χ1) is 55.5. The first-order valence-corrected chi connectivity index (χ1v) is 45.7. The Balaban J connectivity index is 0.000000121. The lowest BCUT2D eigenvalue weighted by molar-refractivity contribution is 0.306. The van der Waals surface area contributed by atoms with Gasteiger partial charge in [0.2, 0.25) is 30.1 Å². The summed E-state index contributed by atoms with van der Waals surface area (Å²) in [5.74, 6) is 10.2. The van der Waals surface area contributed by atoms with E-state index in [1.807, 2.05) is 124 Å². The summed E-state index contributed by atoms with van der Waals surface area (Å²) in [7, 11) is -17.3. The predicted molar refractivity (Wildman–Crippen MR) is 447 cm³/mol. The number of H-pyrrole nitrogens is 4. The van der Waals surface area contributed by atoms with Crippen LogP contribution in [0.4, 0.5) is 0 Å². The Kier molecular flexibility index (Phi) is 24.8. The quantitative estimate of drug-likeness (QED) is 0.0341. The molecule has 0 bridgehead atoms. The maximum absolute atomic E-state index is 12.9. The van der Waals surface area contributed by atoms with Gasteiger partial charge < -0.3 is 58.6 Å². The van der Waals surface area contributed by atoms with E-state index in [1.165, 1.54) is 4.31 Å². The van der Waals surface area contributed by atoms with Crippen LogP contribution in [-0.2, 0) is 52.5 Å². The van der Waals surface area contributed by atoms with Crippen LogP contribution < -0.4 is 23.3 Å². The van der Waals surface area contributed by atoms with Gasteiger partial charge in [-0.1, -0.05) is 80.9 Å². The number of aromatic amines is 4. The summed E-state index contributed by atoms with van der Waals surface area (Å²) in [6.45, 7) is 8.20. The molecule has 0 radical (unpaired) electrons. The van der Waals surface area contributed by atoms with Gasteiger partial charge in [-0.2, -0.15) is 12.7 Å². The van der Waals surface area contributed by atoms with E-state index in [0.29, 0.717) is 133 Å². The van der Waals surface area contributed by atoms with Crippen LogP contribution in [0.15, 0.2) is 158 Å². The van der Waals surface area contributed by atoms with E-state index in [2.05, 4.69) is 44.6 Å². The molecule has 16 heterocycles. The van der Waals surface area contributed by atoms with Gasteiger partial charge >= 0.3 is 28.5 Å². The molecule has 10 aromatic rings. The number of nitrogens with zero attached hydrogens (tertiary/aromatic N) is 8. The van der Waals surface area contributed by atoms with Gasteiger partial charge in [0.05, 0.1) is 42.0 Å². The SMILES string of the molecule is CCCCS(=O)(=O)N1CCC(C2=CB(O)Oc3cnc4[nH]ccc4c32)CC1.CCCNS(=O)(=O)N1CCC(C2=CB(O)Oc3cnc4[nH]ccc4c32)CC1.O=S(=O)(CCc1ccccc1)N1CCC(C2=CB(O)Oc3cnc4[nH]ccc4c32)CC1.O=S(=O)(Cc1ccccc1)N1CCC(C2=CB(O)Oc3cnc4[nH]ccc4c32)CC1. The summed E-state index contributed by atoms with van der Waals surface area (Å²) in [6, 6.07) is 26.8. The predicted octanol–water partition coefficient (Wildman–Crippen LogP) is 8.76. The Labute approximate surface area is 670 Å². The van der Waals surface area contributed by atoms with Crippen molar-refractivity contribution in [1.29, 1.82) is 0 Å². The zero-order valence-corrected chi connectivity index (χ0v) is 67.3. The molecule has 2 aromatic carbocycles. The summed E-state index contributed by atoms with van der Waals surface area (Å²) in [6.07, 6.45) is 22.4. The van der Waals surface area contributed by atoms with Crippen molar-refractivity contribution < 1.29 is 72.4 Å². The van der Waals surface area contributed by atoms with Gasteiger partial charge in [0, 0.05) is 127 Å². The standard InChI is InChI=1S/C22H24BN3O4S.C21H22BN3O4S.C18H24BN3O4S.C17H23BN4O4S/c27-23-14-19(21-18-6-10-24-22(18)25-15-20(21)30-23)17-7-11-26(12-8-17)31(28,29)13-9-16-4-2-1-3-5-16;26-22-12-18(20-17-6-9-23-21(17)24-13-19(20)29-22)16-7-10-25(11-8-16)30(27,28)14-15-4-2-1-3-5-15;1-2-3-10-27(24,25)22-8-5-13(6-9-22)15-11-19(23)26-16-12-21-18-14(17(15)16)4-7-20-18;1-2-6-21-27(24,25)22-8-4-12(5-9-22)14-10-18(23)26-15-11-20-17-13(16(14)15)3-7-19-17/h1-6,10,14-15,17,27H,7-9,11-13H2,(H,24,25);1-6,9,12-13,16,26H,7-8,10-11,14H2,(H,23,24);4,7,11-13,23H,2-3,5-6,8-10H2,1H3,(H,20,21);3,7,10-12,21,23H,2,4-6,8-9H2,1H3,(H,19,20). The van der Waals surface area contributed by atoms with Gasteiger partial charge in [0.15, 0.2) is 0 Å². The number of sulfonamides is 3. The lowest BCUT2D eigenvalue weighted by Crippen LogP contribution is -2.45. The van der Waals surface area contributed by atoms with E-state index in [1.54, 1.807) is 61.6 Å². The van der Waals surface area contributed by atoms with E-state index in [9.17, 15) is 53.8 Å². The molecule has 37 heteroatoms. The minimum atomic E-state index is -3.42. The van der Waals surface area contributed by atoms with Crippen LogP contribution in [0.3, 0.4) is 0 Å². The number of unbranched alkanes of at least 4 members (excludes halogenated alkanes) is 1. The molecule has 0 saturated carbocycles. The maximum atomic E-state index is 12.9. The Bertz CT molecular complexity index is 5590. The Morgan fingerprint density at radius 1 is 0.400 bits per heavy atom. The zero-order chi connectivity index (χ0) is 80.2. The maximum Gasteiger partial charge on any atom is 0.552 e. The average Bonchev–Trinajstić information content (AvgIpc) is 1.77. The molecule has 0 spiro atoms. The third-order valence-corrected chi connectivity index (χ3v) is 30.0. The topological polar surface area (TPSA) is 394 Å². The fourth-order valence-corrected chi connectivity index (χ4v) is 23.0. The average molecular weight is 1640 g/mol. The second-order valence-electron chi connectivity index (χ2n) is 30.0. The number of piperidine rings is 4. The van der Waals surface area contributed by atoms with E-state index >= 15 is 0 Å². The molecule has 29 nitrogen and oxygen atoms in total. The Hall–Kier alpha value is -8.94. The van der Waals surface area contributed by atoms with Crippen LogP contribution >= 0.6 is 0 Å². The number of aryl methyl sites for hydroxylation is 1. The van der Waals surface area contributed by atoms with Crippen LogP contribution in [-0.4, -0.2) is 210 Å². The summed E-state index contributed by atoms with van der Waals surface area (Å²) in [5.41, 5.74) is 12.8. The molecule has 4 fully saturated rings. The van der Waals surface area contributed by atoms with E-state index in [-0.39, 0.29) is 40.9 Å². The number of hydrogen-bond donors (Lipinski definition) is 9. The number of allylic oxidation sites excluding steroid dienone is 4. The van der Waals surface area contributed by atoms with Crippen molar-refractivity contribution in [1.82, 2.24) is 61.8 Å². The fourth-order valence-electron chi connectivity index (χ4n) is 16.9. The van der Waals surface area contributed by atoms with Crippen LogP contribution in [0.1, 0.15) is 118 Å². The van der Waals surface area contributed by atoms with Gasteiger partial charge in [-0.3, -0.25) is 0 Å². The number of aromatic nitrogens is 8. The van der Waals surface area contributed by atoms with Crippen LogP contribution in [0.2, 0.25) is 0 Å². The molecule has 9 N–H and O–H groups in total. The number of nitrogens with one attached hydrogen (secondary N) is 5. The highest BCUT2D eigenvalue weighted by Gasteiger charge is 2.41. The largest absolute Gasteiger partial charge is 0.552 e. The normalized spacial score (nSPS) is 18.5. The smallest absolute Gasteiger partial charge is 0.531 e. The summed E-state index contributed by atoms with van der Waals surface area (Å²) >= 11 is 0. The molecule has 602 valence electrons. The molecule has 0 amide bonds. The van der Waals surface area contributed by atoms with Gasteiger partial charge in [0.25, 0.3) is 10.2 Å². The van der Waals surface area contributed by atoms with Crippen molar-refractivity contribution in [2.45, 2.75) is 96.7 Å². The minimum Gasteiger partial charge on any atom is -0.531 e. The van der Waals surface area contributed by atoms with E-state index in [0.717, 1.165) is 125 Å². The molecule has 8 aliphatic rings. The monoisotopic (exact) mass is 1640 g/mol. The van der Waals surface area contributed by atoms with Crippen LogP contribution in [0.5, 0.6) is 23.0 Å². The number of rotatable bonds is 19. The molecule has 0 unspecified atom stereocenters. The molecule has 115 heavy (non-hydrogen) atoms. The Morgan fingerprint density at radius 3 is 1.03 bits per heavy atom. The molecular formula is C78H93B4N13O16S4. The molecule has 0 aliphatic carbocycles. The molecular weight excluding hydrogens is 1550 g/mol. The lowest BCUT2D eigenvalue weighted by atomic mass is 9.74. The molecule has 0 atom stereocenters. The fraction of sp³-hybridized carbons (Fsp3) is 0.385. The molecule has 8 aromatic heterocycles. The number of fused-ring (bicyclic) bond motifs is 12. The van der Waals surface area contributed by atoms with Crippen molar-refractivity contribution in [3.8, 4) is 23.0 Å². The lowest BCUT2D eigenvalue weighted by Gasteiger charge is -2.34. The van der Waals surface area contributed by atoms with Crippen LogP contribution in [0.25, 0.3) is 66.4 Å². The van der Waals surface area contributed by atoms with E-state index < -0.39 is 68.8 Å². The van der Waals surface area contributed by atoms with E-state index in [4.69, 9.17) is 18.6 Å². The third-order valence-electron chi connectivity index (χ3n) is 22.7.